The second-order valence-corrected chi connectivity index (χ2v) is 5.45. The summed E-state index contributed by atoms with van der Waals surface area (Å²) in [5.74, 6) is 5.65. The van der Waals surface area contributed by atoms with Gasteiger partial charge in [-0.3, -0.25) is 11.3 Å². The van der Waals surface area contributed by atoms with Crippen molar-refractivity contribution in [1.29, 1.82) is 0 Å². The van der Waals surface area contributed by atoms with Crippen LogP contribution in [0.1, 0.15) is 31.2 Å². The zero-order valence-corrected chi connectivity index (χ0v) is 10.4. The molecule has 0 saturated carbocycles. The van der Waals surface area contributed by atoms with Crippen LogP contribution in [0, 0.1) is 0 Å². The summed E-state index contributed by atoms with van der Waals surface area (Å²) in [4.78, 5) is 4.30. The van der Waals surface area contributed by atoms with Crippen molar-refractivity contribution in [2.24, 2.45) is 5.84 Å². The molecule has 4 nitrogen and oxygen atoms in total. The number of aromatic nitrogens is 1. The Hall–Kier alpha value is -0.490. The van der Waals surface area contributed by atoms with Gasteiger partial charge in [-0.25, -0.2) is 4.98 Å². The molecule has 2 unspecified atom stereocenters. The summed E-state index contributed by atoms with van der Waals surface area (Å²) in [5.41, 5.74) is 2.74. The smallest absolute Gasteiger partial charge is 0.0942 e. The lowest BCUT2D eigenvalue weighted by Crippen LogP contribution is -2.55. The lowest BCUT2D eigenvalue weighted by Gasteiger charge is -2.40. The van der Waals surface area contributed by atoms with Crippen LogP contribution in [0.15, 0.2) is 11.6 Å². The molecule has 1 aliphatic heterocycles. The molecule has 1 saturated heterocycles. The predicted molar refractivity (Wildman–Crippen MR) is 65.1 cm³/mol. The third-order valence-electron chi connectivity index (χ3n) is 3.30. The molecule has 5 heteroatoms. The number of hydrogen-bond donors (Lipinski definition) is 2. The van der Waals surface area contributed by atoms with Gasteiger partial charge in [0, 0.05) is 24.6 Å². The predicted octanol–water partition coefficient (Wildman–Crippen LogP) is 1.48. The lowest BCUT2D eigenvalue weighted by molar-refractivity contribution is -0.0884. The summed E-state index contributed by atoms with van der Waals surface area (Å²) in [6.07, 6.45) is 6.10. The molecule has 1 aromatic rings. The molecule has 0 amide bonds. The Morgan fingerprint density at radius 3 is 3.12 bits per heavy atom. The number of thiazole rings is 1. The SMILES string of the molecule is CC1(C(Cc2nccs2)NN)CCCCO1. The maximum Gasteiger partial charge on any atom is 0.0942 e. The molecule has 1 aromatic heterocycles. The number of hydrazine groups is 1. The fourth-order valence-electron chi connectivity index (χ4n) is 2.21. The average Bonchev–Trinajstić information content (AvgIpc) is 2.79. The van der Waals surface area contributed by atoms with Gasteiger partial charge in [-0.05, 0) is 26.2 Å². The van der Waals surface area contributed by atoms with Gasteiger partial charge in [-0.15, -0.1) is 11.3 Å². The first-order chi connectivity index (χ1) is 7.74. The Morgan fingerprint density at radius 1 is 1.69 bits per heavy atom. The monoisotopic (exact) mass is 241 g/mol. The van der Waals surface area contributed by atoms with Gasteiger partial charge in [-0.2, -0.15) is 0 Å². The van der Waals surface area contributed by atoms with Crippen LogP contribution in [0.3, 0.4) is 0 Å². The Morgan fingerprint density at radius 2 is 2.56 bits per heavy atom. The van der Waals surface area contributed by atoms with E-state index in [-0.39, 0.29) is 11.6 Å². The molecule has 1 fully saturated rings. The van der Waals surface area contributed by atoms with E-state index in [4.69, 9.17) is 10.6 Å². The number of ether oxygens (including phenoxy) is 1. The number of hydrogen-bond acceptors (Lipinski definition) is 5. The van der Waals surface area contributed by atoms with E-state index in [0.29, 0.717) is 0 Å². The Bertz CT molecular complexity index is 309. The molecule has 0 aromatic carbocycles. The zero-order valence-electron chi connectivity index (χ0n) is 9.61. The summed E-state index contributed by atoms with van der Waals surface area (Å²) >= 11 is 1.67. The average molecular weight is 241 g/mol. The van der Waals surface area contributed by atoms with Crippen LogP contribution < -0.4 is 11.3 Å². The van der Waals surface area contributed by atoms with Crippen LogP contribution in [-0.2, 0) is 11.2 Å². The zero-order chi connectivity index (χ0) is 11.4. The van der Waals surface area contributed by atoms with Crippen molar-refractivity contribution in [3.05, 3.63) is 16.6 Å². The molecule has 0 bridgehead atoms. The molecule has 0 spiro atoms. The highest BCUT2D eigenvalue weighted by Gasteiger charge is 2.36. The molecule has 2 heterocycles. The van der Waals surface area contributed by atoms with Crippen molar-refractivity contribution in [2.75, 3.05) is 6.61 Å². The van der Waals surface area contributed by atoms with Crippen LogP contribution in [0.25, 0.3) is 0 Å². The summed E-state index contributed by atoms with van der Waals surface area (Å²) in [7, 11) is 0. The Balaban J connectivity index is 2.03. The number of rotatable bonds is 4. The topological polar surface area (TPSA) is 60.2 Å². The van der Waals surface area contributed by atoms with Gasteiger partial charge in [0.05, 0.1) is 16.7 Å². The van der Waals surface area contributed by atoms with Crippen LogP contribution >= 0.6 is 11.3 Å². The molecule has 2 rings (SSSR count). The fourth-order valence-corrected chi connectivity index (χ4v) is 2.87. The van der Waals surface area contributed by atoms with Crippen LogP contribution in [0.2, 0.25) is 0 Å². The van der Waals surface area contributed by atoms with Gasteiger partial charge in [0.1, 0.15) is 0 Å². The second kappa shape index (κ2) is 5.23. The van der Waals surface area contributed by atoms with E-state index in [9.17, 15) is 0 Å². The second-order valence-electron chi connectivity index (χ2n) is 4.47. The van der Waals surface area contributed by atoms with Crippen LogP contribution in [0.5, 0.6) is 0 Å². The minimum absolute atomic E-state index is 0.138. The van der Waals surface area contributed by atoms with Crippen molar-refractivity contribution >= 4 is 11.3 Å². The first-order valence-electron chi connectivity index (χ1n) is 5.73. The third-order valence-corrected chi connectivity index (χ3v) is 4.10. The summed E-state index contributed by atoms with van der Waals surface area (Å²) in [6.45, 7) is 2.98. The minimum Gasteiger partial charge on any atom is -0.374 e. The number of nitrogens with two attached hydrogens (primary N) is 1. The molecule has 16 heavy (non-hydrogen) atoms. The molecule has 2 atom stereocenters. The third kappa shape index (κ3) is 2.60. The van der Waals surface area contributed by atoms with E-state index in [1.54, 1.807) is 11.3 Å². The van der Waals surface area contributed by atoms with E-state index in [1.165, 1.54) is 6.42 Å². The Labute approximate surface area is 100 Å². The summed E-state index contributed by atoms with van der Waals surface area (Å²) in [5, 5.41) is 3.10. The largest absolute Gasteiger partial charge is 0.374 e. The number of nitrogens with zero attached hydrogens (tertiary/aromatic N) is 1. The van der Waals surface area contributed by atoms with Crippen LogP contribution in [-0.4, -0.2) is 23.2 Å². The van der Waals surface area contributed by atoms with Gasteiger partial charge in [0.2, 0.25) is 0 Å². The standard InChI is InChI=1S/C11H19N3OS/c1-11(4-2-3-6-15-11)9(14-12)8-10-13-5-7-16-10/h5,7,9,14H,2-4,6,8,12H2,1H3. The van der Waals surface area contributed by atoms with Gasteiger partial charge in [0.15, 0.2) is 0 Å². The van der Waals surface area contributed by atoms with E-state index < -0.39 is 0 Å². The van der Waals surface area contributed by atoms with Crippen molar-refractivity contribution in [3.8, 4) is 0 Å². The molecule has 0 aliphatic carbocycles. The molecule has 3 N–H and O–H groups in total. The first kappa shape index (κ1) is 12.0. The maximum absolute atomic E-state index is 5.90. The first-order valence-corrected chi connectivity index (χ1v) is 6.61. The quantitative estimate of drug-likeness (QED) is 0.619. The highest BCUT2D eigenvalue weighted by Crippen LogP contribution is 2.29. The van der Waals surface area contributed by atoms with Crippen LogP contribution in [0.4, 0.5) is 0 Å². The van der Waals surface area contributed by atoms with Crippen molar-refractivity contribution in [3.63, 3.8) is 0 Å². The fraction of sp³-hybridized carbons (Fsp3) is 0.727. The molecule has 1 aliphatic rings. The van der Waals surface area contributed by atoms with E-state index in [1.807, 2.05) is 11.6 Å². The van der Waals surface area contributed by atoms with Crippen molar-refractivity contribution < 1.29 is 4.74 Å². The van der Waals surface area contributed by atoms with Gasteiger partial charge >= 0.3 is 0 Å². The maximum atomic E-state index is 5.90. The van der Waals surface area contributed by atoms with E-state index >= 15 is 0 Å². The molecular formula is C11H19N3OS. The minimum atomic E-state index is -0.154. The summed E-state index contributed by atoms with van der Waals surface area (Å²) in [6, 6.07) is 0.138. The molecule has 0 radical (unpaired) electrons. The Kier molecular flexibility index (Phi) is 3.91. The summed E-state index contributed by atoms with van der Waals surface area (Å²) < 4.78 is 5.90. The van der Waals surface area contributed by atoms with E-state index in [2.05, 4.69) is 17.3 Å². The van der Waals surface area contributed by atoms with Crippen molar-refractivity contribution in [2.45, 2.75) is 44.2 Å². The molecular weight excluding hydrogens is 222 g/mol. The van der Waals surface area contributed by atoms with Gasteiger partial charge in [0.25, 0.3) is 0 Å². The number of nitrogens with one attached hydrogen (secondary N) is 1. The highest BCUT2D eigenvalue weighted by atomic mass is 32.1. The molecule has 90 valence electrons. The highest BCUT2D eigenvalue weighted by molar-refractivity contribution is 7.09. The van der Waals surface area contributed by atoms with E-state index in [0.717, 1.165) is 30.9 Å². The van der Waals surface area contributed by atoms with Crippen molar-refractivity contribution in [1.82, 2.24) is 10.4 Å². The van der Waals surface area contributed by atoms with Gasteiger partial charge in [-0.1, -0.05) is 0 Å². The van der Waals surface area contributed by atoms with Gasteiger partial charge < -0.3 is 4.74 Å². The lowest BCUT2D eigenvalue weighted by atomic mass is 9.87. The normalized spacial score (nSPS) is 27.9.